The molecule has 1 aliphatic rings. The molecular formula is C32H35N9. The van der Waals surface area contributed by atoms with E-state index < -0.39 is 0 Å². The number of likely N-dealkylation sites (N-methyl/N-ethyl adjacent to an activating group) is 1. The van der Waals surface area contributed by atoms with Gasteiger partial charge in [-0.3, -0.25) is 5.10 Å². The van der Waals surface area contributed by atoms with Crippen LogP contribution in [0.25, 0.3) is 39.2 Å². The zero-order valence-electron chi connectivity index (χ0n) is 23.6. The average molecular weight is 546 g/mol. The van der Waals surface area contributed by atoms with Crippen LogP contribution in [-0.4, -0.2) is 74.8 Å². The van der Waals surface area contributed by atoms with Crippen LogP contribution in [0, 0.1) is 0 Å². The van der Waals surface area contributed by atoms with E-state index >= 15 is 0 Å². The van der Waals surface area contributed by atoms with Gasteiger partial charge in [-0.15, -0.1) is 0 Å². The summed E-state index contributed by atoms with van der Waals surface area (Å²) in [6.07, 6.45) is 7.94. The molecule has 5 aromatic rings. The molecule has 1 fully saturated rings. The quantitative estimate of drug-likeness (QED) is 0.225. The van der Waals surface area contributed by atoms with Gasteiger partial charge >= 0.3 is 0 Å². The summed E-state index contributed by atoms with van der Waals surface area (Å²) in [5.41, 5.74) is 8.32. The van der Waals surface area contributed by atoms with Crippen LogP contribution in [0.4, 0.5) is 5.82 Å². The van der Waals surface area contributed by atoms with Gasteiger partial charge in [0.15, 0.2) is 17.3 Å². The van der Waals surface area contributed by atoms with Crippen molar-refractivity contribution in [1.29, 1.82) is 0 Å². The molecule has 1 aliphatic heterocycles. The third-order valence-electron chi connectivity index (χ3n) is 7.53. The Morgan fingerprint density at radius 3 is 2.61 bits per heavy atom. The number of nitrogens with one attached hydrogen (secondary N) is 3. The van der Waals surface area contributed by atoms with Gasteiger partial charge in [0.05, 0.1) is 16.7 Å². The lowest BCUT2D eigenvalue weighted by Crippen LogP contribution is -2.44. The lowest BCUT2D eigenvalue weighted by atomic mass is 10.1. The van der Waals surface area contributed by atoms with E-state index in [0.29, 0.717) is 18.1 Å². The molecule has 0 atom stereocenters. The van der Waals surface area contributed by atoms with Crippen LogP contribution in [0.15, 0.2) is 85.1 Å². The monoisotopic (exact) mass is 545 g/mol. The first-order chi connectivity index (χ1) is 20.1. The molecule has 0 saturated carbocycles. The number of fused-ring (bicyclic) bond motifs is 2. The van der Waals surface area contributed by atoms with Crippen molar-refractivity contribution in [1.82, 2.24) is 40.3 Å². The molecule has 4 aromatic heterocycles. The van der Waals surface area contributed by atoms with Gasteiger partial charge < -0.3 is 20.1 Å². The molecule has 6 rings (SSSR count). The van der Waals surface area contributed by atoms with Gasteiger partial charge in [-0.25, -0.2) is 15.0 Å². The molecule has 0 unspecified atom stereocenters. The van der Waals surface area contributed by atoms with E-state index in [-0.39, 0.29) is 0 Å². The molecule has 0 bridgehead atoms. The second-order valence-corrected chi connectivity index (χ2v) is 10.3. The normalized spacial score (nSPS) is 15.2. The molecule has 0 amide bonds. The van der Waals surface area contributed by atoms with E-state index in [1.165, 1.54) is 5.56 Å². The average Bonchev–Trinajstić information content (AvgIpc) is 3.64. The summed E-state index contributed by atoms with van der Waals surface area (Å²) in [5, 5.41) is 11.2. The number of allylic oxidation sites excluding steroid dienone is 3. The second kappa shape index (κ2) is 11.9. The third kappa shape index (κ3) is 5.68. The van der Waals surface area contributed by atoms with Gasteiger partial charge in [0.1, 0.15) is 11.0 Å². The fraction of sp³-hybridized carbons (Fsp3) is 0.250. The maximum atomic E-state index is 5.04. The first-order valence-corrected chi connectivity index (χ1v) is 14.0. The highest BCUT2D eigenvalue weighted by Crippen LogP contribution is 2.30. The lowest BCUT2D eigenvalue weighted by Gasteiger charge is -2.33. The van der Waals surface area contributed by atoms with Crippen molar-refractivity contribution < 1.29 is 0 Å². The number of benzene rings is 1. The van der Waals surface area contributed by atoms with E-state index in [1.807, 2.05) is 43.5 Å². The summed E-state index contributed by atoms with van der Waals surface area (Å²) in [6, 6.07) is 16.4. The predicted molar refractivity (Wildman–Crippen MR) is 167 cm³/mol. The van der Waals surface area contributed by atoms with Gasteiger partial charge in [0.2, 0.25) is 0 Å². The number of hydrogen-bond donors (Lipinski definition) is 3. The smallest absolute Gasteiger partial charge is 0.161 e. The molecule has 1 saturated heterocycles. The molecule has 208 valence electrons. The van der Waals surface area contributed by atoms with E-state index in [0.717, 1.165) is 77.4 Å². The Morgan fingerprint density at radius 1 is 1.00 bits per heavy atom. The molecule has 0 radical (unpaired) electrons. The number of anilines is 1. The molecule has 0 aliphatic carbocycles. The number of rotatable bonds is 9. The highest BCUT2D eigenvalue weighted by Gasteiger charge is 2.21. The number of pyridine rings is 2. The number of H-pyrrole nitrogens is 2. The van der Waals surface area contributed by atoms with Gasteiger partial charge in [0, 0.05) is 45.5 Å². The first-order valence-electron chi connectivity index (χ1n) is 14.0. The molecule has 1 aromatic carbocycles. The number of hydrogen-bond acceptors (Lipinski definition) is 7. The van der Waals surface area contributed by atoms with Crippen molar-refractivity contribution >= 4 is 33.5 Å². The Bertz CT molecular complexity index is 1720. The van der Waals surface area contributed by atoms with Crippen molar-refractivity contribution in [2.24, 2.45) is 0 Å². The van der Waals surface area contributed by atoms with Gasteiger partial charge in [-0.2, -0.15) is 5.10 Å². The largest absolute Gasteiger partial charge is 0.352 e. The van der Waals surface area contributed by atoms with Crippen molar-refractivity contribution in [2.45, 2.75) is 13.5 Å². The Morgan fingerprint density at radius 2 is 1.83 bits per heavy atom. The number of nitrogens with zero attached hydrogens (tertiary/aromatic N) is 6. The number of aromatic nitrogens is 6. The lowest BCUT2D eigenvalue weighted by molar-refractivity contribution is 0.312. The van der Waals surface area contributed by atoms with E-state index in [4.69, 9.17) is 9.97 Å². The summed E-state index contributed by atoms with van der Waals surface area (Å²) in [7, 11) is 2.15. The summed E-state index contributed by atoms with van der Waals surface area (Å²) in [5.74, 6) is 1.58. The standard InChI is InChI=1S/C32H35N9/c1-4-22(20-33-21-23-9-7-6-8-10-23)19-24(5-2)25-11-12-27-28(35-25)30(39-38-27)31-36-26-13-14-34-32(29(26)37-31)41-17-15-40(3)16-18-41/h4-14,19,33H,1,15-18,20-21H2,2-3H3,(H,36,37)(H,38,39)/b22-19+,24-5+. The number of imidazole rings is 1. The molecule has 9 nitrogen and oxygen atoms in total. The Hall–Kier alpha value is -4.60. The number of piperazine rings is 1. The van der Waals surface area contributed by atoms with Crippen LogP contribution in [0.2, 0.25) is 0 Å². The van der Waals surface area contributed by atoms with Crippen molar-refractivity contribution in [3.05, 3.63) is 96.4 Å². The first kappa shape index (κ1) is 26.6. The van der Waals surface area contributed by atoms with Crippen molar-refractivity contribution in [2.75, 3.05) is 44.7 Å². The summed E-state index contributed by atoms with van der Waals surface area (Å²) >= 11 is 0. The third-order valence-corrected chi connectivity index (χ3v) is 7.53. The van der Waals surface area contributed by atoms with Crippen LogP contribution in [0.3, 0.4) is 0 Å². The van der Waals surface area contributed by atoms with Crippen molar-refractivity contribution in [3.63, 3.8) is 0 Å². The zero-order chi connectivity index (χ0) is 28.2. The van der Waals surface area contributed by atoms with Crippen molar-refractivity contribution in [3.8, 4) is 11.5 Å². The topological polar surface area (TPSA) is 102 Å². The fourth-order valence-electron chi connectivity index (χ4n) is 5.14. The SMILES string of the molecule is C=C/C(=C\C(=C/C)c1ccc2[nH]nc(-c3nc4c(N5CCN(C)CC5)nccc4[nH]3)c2n1)CNCc1ccccc1. The Kier molecular flexibility index (Phi) is 7.71. The predicted octanol–water partition coefficient (Wildman–Crippen LogP) is 4.95. The van der Waals surface area contributed by atoms with Gasteiger partial charge in [-0.05, 0) is 55.0 Å². The molecular weight excluding hydrogens is 510 g/mol. The van der Waals surface area contributed by atoms with E-state index in [9.17, 15) is 0 Å². The Labute approximate surface area is 239 Å². The fourth-order valence-corrected chi connectivity index (χ4v) is 5.14. The van der Waals surface area contributed by atoms with Crippen LogP contribution < -0.4 is 10.2 Å². The van der Waals surface area contributed by atoms with E-state index in [1.54, 1.807) is 0 Å². The minimum Gasteiger partial charge on any atom is -0.352 e. The minimum absolute atomic E-state index is 0.675. The molecule has 9 heteroatoms. The zero-order valence-corrected chi connectivity index (χ0v) is 23.6. The minimum atomic E-state index is 0.675. The molecule has 0 spiro atoms. The summed E-state index contributed by atoms with van der Waals surface area (Å²) < 4.78 is 0. The maximum Gasteiger partial charge on any atom is 0.161 e. The number of aromatic amines is 2. The van der Waals surface area contributed by atoms with Crippen LogP contribution >= 0.6 is 0 Å². The molecule has 3 N–H and O–H groups in total. The van der Waals surface area contributed by atoms with Crippen LogP contribution in [0.5, 0.6) is 0 Å². The van der Waals surface area contributed by atoms with E-state index in [2.05, 4.69) is 85.3 Å². The molecule has 5 heterocycles. The molecule has 41 heavy (non-hydrogen) atoms. The van der Waals surface area contributed by atoms with Gasteiger partial charge in [0.25, 0.3) is 0 Å². The van der Waals surface area contributed by atoms with Crippen LogP contribution in [-0.2, 0) is 6.54 Å². The highest BCUT2D eigenvalue weighted by atomic mass is 15.3. The highest BCUT2D eigenvalue weighted by molar-refractivity contribution is 5.94. The summed E-state index contributed by atoms with van der Waals surface area (Å²) in [6.45, 7) is 11.4. The van der Waals surface area contributed by atoms with Crippen LogP contribution in [0.1, 0.15) is 18.2 Å². The Balaban J connectivity index is 1.27. The summed E-state index contributed by atoms with van der Waals surface area (Å²) in [4.78, 5) is 22.8. The van der Waals surface area contributed by atoms with Gasteiger partial charge in [-0.1, -0.05) is 49.1 Å². The second-order valence-electron chi connectivity index (χ2n) is 10.3. The maximum absolute atomic E-state index is 5.04.